The van der Waals surface area contributed by atoms with Gasteiger partial charge in [-0.1, -0.05) is 29.3 Å². The van der Waals surface area contributed by atoms with Crippen molar-refractivity contribution in [3.63, 3.8) is 0 Å². The number of hydrogen-bond donors (Lipinski definition) is 2. The fraction of sp³-hybridized carbons (Fsp3) is 0.533. The maximum atomic E-state index is 11.9. The Hall–Kier alpha value is -0.480. The second-order valence-electron chi connectivity index (χ2n) is 5.40. The number of aryl methyl sites for hydroxylation is 1. The molecule has 1 amide bonds. The Balaban J connectivity index is 0.00000220. The lowest BCUT2D eigenvalue weighted by molar-refractivity contribution is -0.124. The van der Waals surface area contributed by atoms with Crippen LogP contribution in [0.2, 0.25) is 10.0 Å². The third-order valence-corrected chi connectivity index (χ3v) is 4.37. The van der Waals surface area contributed by atoms with Crippen molar-refractivity contribution >= 4 is 41.5 Å². The summed E-state index contributed by atoms with van der Waals surface area (Å²) in [6.45, 7) is 0.670. The molecule has 1 aliphatic rings. The predicted octanol–water partition coefficient (Wildman–Crippen LogP) is 3.59. The van der Waals surface area contributed by atoms with Crippen molar-refractivity contribution in [2.45, 2.75) is 38.1 Å². The van der Waals surface area contributed by atoms with Gasteiger partial charge in [0.1, 0.15) is 0 Å². The molecule has 3 N–H and O–H groups in total. The highest BCUT2D eigenvalue weighted by atomic mass is 35.5. The molecule has 3 nitrogen and oxygen atoms in total. The van der Waals surface area contributed by atoms with E-state index >= 15 is 0 Å². The Kier molecular flexibility index (Phi) is 7.82. The Morgan fingerprint density at radius 1 is 1.33 bits per heavy atom. The Labute approximate surface area is 142 Å². The number of carbonyl (C=O) groups is 1. The van der Waals surface area contributed by atoms with Crippen molar-refractivity contribution in [2.24, 2.45) is 11.7 Å². The summed E-state index contributed by atoms with van der Waals surface area (Å²) in [5.74, 6) is 0.240. The summed E-state index contributed by atoms with van der Waals surface area (Å²) in [5, 5.41) is 4.31. The van der Waals surface area contributed by atoms with E-state index in [1.165, 1.54) is 0 Å². The quantitative estimate of drug-likeness (QED) is 0.796. The van der Waals surface area contributed by atoms with Crippen molar-refractivity contribution in [1.29, 1.82) is 0 Å². The molecule has 118 valence electrons. The SMILES string of the molecule is Cl.NC1CCC(C(=O)NCCCc2ccc(Cl)cc2Cl)C1. The third kappa shape index (κ3) is 5.67. The molecule has 0 bridgehead atoms. The summed E-state index contributed by atoms with van der Waals surface area (Å²) in [6.07, 6.45) is 4.38. The smallest absolute Gasteiger partial charge is 0.223 e. The highest BCUT2D eigenvalue weighted by molar-refractivity contribution is 6.35. The second-order valence-corrected chi connectivity index (χ2v) is 6.24. The maximum absolute atomic E-state index is 11.9. The standard InChI is InChI=1S/C15H20Cl2N2O.ClH/c16-12-5-3-10(14(17)9-12)2-1-7-19-15(20)11-4-6-13(18)8-11;/h3,5,9,11,13H,1-2,4,6-8,18H2,(H,19,20);1H. The number of benzene rings is 1. The number of rotatable bonds is 5. The van der Waals surface area contributed by atoms with Crippen LogP contribution in [-0.2, 0) is 11.2 Å². The zero-order chi connectivity index (χ0) is 14.5. The van der Waals surface area contributed by atoms with Gasteiger partial charge in [-0.2, -0.15) is 0 Å². The highest BCUT2D eigenvalue weighted by Gasteiger charge is 2.27. The third-order valence-electron chi connectivity index (χ3n) is 3.78. The number of nitrogens with two attached hydrogens (primary N) is 1. The van der Waals surface area contributed by atoms with E-state index in [-0.39, 0.29) is 30.3 Å². The minimum Gasteiger partial charge on any atom is -0.356 e. The summed E-state index contributed by atoms with van der Waals surface area (Å²) >= 11 is 12.0. The Morgan fingerprint density at radius 3 is 2.71 bits per heavy atom. The van der Waals surface area contributed by atoms with Gasteiger partial charge in [0.25, 0.3) is 0 Å². The van der Waals surface area contributed by atoms with Crippen LogP contribution >= 0.6 is 35.6 Å². The lowest BCUT2D eigenvalue weighted by Gasteiger charge is -2.11. The van der Waals surface area contributed by atoms with E-state index < -0.39 is 0 Å². The number of carbonyl (C=O) groups excluding carboxylic acids is 1. The van der Waals surface area contributed by atoms with Gasteiger partial charge in [0.15, 0.2) is 0 Å². The van der Waals surface area contributed by atoms with Crippen LogP contribution in [0, 0.1) is 5.92 Å². The topological polar surface area (TPSA) is 55.1 Å². The fourth-order valence-corrected chi connectivity index (χ4v) is 3.12. The van der Waals surface area contributed by atoms with E-state index in [9.17, 15) is 4.79 Å². The summed E-state index contributed by atoms with van der Waals surface area (Å²) in [6, 6.07) is 5.71. The van der Waals surface area contributed by atoms with Gasteiger partial charge in [-0.3, -0.25) is 4.79 Å². The molecule has 0 radical (unpaired) electrons. The lowest BCUT2D eigenvalue weighted by atomic mass is 10.1. The molecule has 6 heteroatoms. The van der Waals surface area contributed by atoms with Crippen LogP contribution in [0.5, 0.6) is 0 Å². The van der Waals surface area contributed by atoms with Gasteiger partial charge >= 0.3 is 0 Å². The van der Waals surface area contributed by atoms with Crippen LogP contribution in [-0.4, -0.2) is 18.5 Å². The number of amides is 1. The minimum atomic E-state index is 0. The zero-order valence-electron chi connectivity index (χ0n) is 11.8. The minimum absolute atomic E-state index is 0. The molecule has 0 aliphatic heterocycles. The van der Waals surface area contributed by atoms with Crippen LogP contribution in [0.15, 0.2) is 18.2 Å². The molecule has 1 saturated carbocycles. The largest absolute Gasteiger partial charge is 0.356 e. The second kappa shape index (κ2) is 8.84. The molecule has 0 heterocycles. The zero-order valence-corrected chi connectivity index (χ0v) is 14.1. The molecule has 21 heavy (non-hydrogen) atoms. The van der Waals surface area contributed by atoms with Crippen LogP contribution in [0.4, 0.5) is 0 Å². The predicted molar refractivity (Wildman–Crippen MR) is 90.4 cm³/mol. The monoisotopic (exact) mass is 350 g/mol. The molecule has 0 aromatic heterocycles. The van der Waals surface area contributed by atoms with Crippen LogP contribution in [0.1, 0.15) is 31.2 Å². The summed E-state index contributed by atoms with van der Waals surface area (Å²) in [5.41, 5.74) is 6.88. The van der Waals surface area contributed by atoms with Crippen molar-refractivity contribution in [1.82, 2.24) is 5.32 Å². The van der Waals surface area contributed by atoms with Crippen molar-refractivity contribution in [3.8, 4) is 0 Å². The van der Waals surface area contributed by atoms with Crippen molar-refractivity contribution < 1.29 is 4.79 Å². The van der Waals surface area contributed by atoms with Gasteiger partial charge in [-0.05, 0) is 49.8 Å². The average Bonchev–Trinajstić information content (AvgIpc) is 2.83. The van der Waals surface area contributed by atoms with E-state index in [1.807, 2.05) is 12.1 Å². The number of hydrogen-bond acceptors (Lipinski definition) is 2. The molecule has 2 unspecified atom stereocenters. The lowest BCUT2D eigenvalue weighted by Crippen LogP contribution is -2.31. The first-order valence-corrected chi connectivity index (χ1v) is 7.79. The van der Waals surface area contributed by atoms with Crippen LogP contribution < -0.4 is 11.1 Å². The van der Waals surface area contributed by atoms with E-state index in [4.69, 9.17) is 28.9 Å². The summed E-state index contributed by atoms with van der Waals surface area (Å²) in [7, 11) is 0. The molecule has 0 spiro atoms. The molecule has 1 aliphatic carbocycles. The van der Waals surface area contributed by atoms with Gasteiger partial charge < -0.3 is 11.1 Å². The molecule has 2 atom stereocenters. The first-order chi connectivity index (χ1) is 9.56. The number of halogens is 3. The van der Waals surface area contributed by atoms with Gasteiger partial charge in [0.2, 0.25) is 5.91 Å². The van der Waals surface area contributed by atoms with E-state index in [0.29, 0.717) is 16.6 Å². The van der Waals surface area contributed by atoms with Gasteiger partial charge in [0, 0.05) is 28.5 Å². The van der Waals surface area contributed by atoms with Crippen molar-refractivity contribution in [3.05, 3.63) is 33.8 Å². The van der Waals surface area contributed by atoms with E-state index in [2.05, 4.69) is 5.32 Å². The van der Waals surface area contributed by atoms with Crippen LogP contribution in [0.25, 0.3) is 0 Å². The van der Waals surface area contributed by atoms with E-state index in [0.717, 1.165) is 37.7 Å². The molecular formula is C15H21Cl3N2O. The average molecular weight is 352 g/mol. The first kappa shape index (κ1) is 18.6. The molecule has 1 aromatic carbocycles. The summed E-state index contributed by atoms with van der Waals surface area (Å²) < 4.78 is 0. The Morgan fingerprint density at radius 2 is 2.10 bits per heavy atom. The molecule has 1 fully saturated rings. The summed E-state index contributed by atoms with van der Waals surface area (Å²) in [4.78, 5) is 11.9. The fourth-order valence-electron chi connectivity index (χ4n) is 2.61. The molecular weight excluding hydrogens is 331 g/mol. The normalized spacial score (nSPS) is 20.9. The van der Waals surface area contributed by atoms with Gasteiger partial charge in [0.05, 0.1) is 0 Å². The first-order valence-electron chi connectivity index (χ1n) is 7.03. The molecule has 0 saturated heterocycles. The highest BCUT2D eigenvalue weighted by Crippen LogP contribution is 2.24. The Bertz CT molecular complexity index is 482. The van der Waals surface area contributed by atoms with E-state index in [1.54, 1.807) is 6.07 Å². The van der Waals surface area contributed by atoms with Crippen molar-refractivity contribution in [2.75, 3.05) is 6.54 Å². The van der Waals surface area contributed by atoms with Crippen LogP contribution in [0.3, 0.4) is 0 Å². The number of nitrogens with one attached hydrogen (secondary N) is 1. The van der Waals surface area contributed by atoms with Gasteiger partial charge in [-0.25, -0.2) is 0 Å². The van der Waals surface area contributed by atoms with Gasteiger partial charge in [-0.15, -0.1) is 12.4 Å². The maximum Gasteiger partial charge on any atom is 0.223 e. The molecule has 2 rings (SSSR count). The molecule has 1 aromatic rings.